The van der Waals surface area contributed by atoms with Gasteiger partial charge < -0.3 is 4.52 Å². The molecule has 2 aliphatic carbocycles. The summed E-state index contributed by atoms with van der Waals surface area (Å²) in [7, 11) is -1.92. The molecule has 0 radical (unpaired) electrons. The minimum atomic E-state index is -3.57. The van der Waals surface area contributed by atoms with Gasteiger partial charge in [-0.2, -0.15) is 4.31 Å². The Morgan fingerprint density at radius 2 is 1.82 bits per heavy atom. The number of amides is 1. The van der Waals surface area contributed by atoms with Gasteiger partial charge in [0.1, 0.15) is 0 Å². The highest BCUT2D eigenvalue weighted by atomic mass is 32.2. The molecular formula is C20H25N3O4S. The van der Waals surface area contributed by atoms with E-state index in [1.807, 2.05) is 0 Å². The summed E-state index contributed by atoms with van der Waals surface area (Å²) < 4.78 is 32.5. The summed E-state index contributed by atoms with van der Waals surface area (Å²) in [4.78, 5) is 12.7. The molecule has 1 N–H and O–H groups in total. The summed E-state index contributed by atoms with van der Waals surface area (Å²) in [5.41, 5.74) is 2.24. The molecule has 0 spiro atoms. The van der Waals surface area contributed by atoms with Crippen molar-refractivity contribution < 1.29 is 17.7 Å². The number of hydrogen-bond acceptors (Lipinski definition) is 5. The molecule has 28 heavy (non-hydrogen) atoms. The maximum atomic E-state index is 12.9. The van der Waals surface area contributed by atoms with Crippen molar-refractivity contribution in [1.82, 2.24) is 9.46 Å². The lowest BCUT2D eigenvalue weighted by Crippen LogP contribution is -2.38. The van der Waals surface area contributed by atoms with Crippen molar-refractivity contribution in [3.8, 4) is 0 Å². The molecule has 2 aromatic rings. The number of carbonyl (C=O) groups excluding carboxylic acids is 1. The molecule has 8 heteroatoms. The van der Waals surface area contributed by atoms with Gasteiger partial charge in [0.2, 0.25) is 15.9 Å². The van der Waals surface area contributed by atoms with E-state index >= 15 is 0 Å². The van der Waals surface area contributed by atoms with Crippen LogP contribution in [0.2, 0.25) is 0 Å². The lowest BCUT2D eigenvalue weighted by Gasteiger charge is -2.30. The standard InChI is InChI=1S/C20H25N3O4S/c1-23(15-6-3-2-4-7-15)28(25,26)16-12-10-14(11-13-16)19(24)21-20-17-8-5-9-18(17)22-27-20/h10-13,15H,2-9H2,1H3,(H,21,24). The SMILES string of the molecule is CN(C1CCCCC1)S(=O)(=O)c1ccc(C(=O)Nc2onc3c2CCC3)cc1. The van der Waals surface area contributed by atoms with Crippen LogP contribution in [0.15, 0.2) is 33.7 Å². The molecule has 0 aliphatic heterocycles. The molecule has 150 valence electrons. The van der Waals surface area contributed by atoms with Gasteiger partial charge in [-0.3, -0.25) is 10.1 Å². The third kappa shape index (κ3) is 3.58. The molecule has 7 nitrogen and oxygen atoms in total. The number of nitrogens with zero attached hydrogens (tertiary/aromatic N) is 2. The Morgan fingerprint density at radius 3 is 2.54 bits per heavy atom. The minimum absolute atomic E-state index is 0.0512. The largest absolute Gasteiger partial charge is 0.338 e. The molecule has 1 aromatic carbocycles. The lowest BCUT2D eigenvalue weighted by molar-refractivity contribution is 0.102. The number of nitrogens with one attached hydrogen (secondary N) is 1. The van der Waals surface area contributed by atoms with Crippen LogP contribution in [-0.2, 0) is 22.9 Å². The average Bonchev–Trinajstić information content (AvgIpc) is 3.33. The summed E-state index contributed by atoms with van der Waals surface area (Å²) in [6.45, 7) is 0. The van der Waals surface area contributed by atoms with Crippen molar-refractivity contribution in [2.45, 2.75) is 62.3 Å². The Hall–Kier alpha value is -2.19. The van der Waals surface area contributed by atoms with Gasteiger partial charge in [-0.05, 0) is 56.4 Å². The van der Waals surface area contributed by atoms with Crippen LogP contribution in [0.25, 0.3) is 0 Å². The fourth-order valence-corrected chi connectivity index (χ4v) is 5.50. The first-order chi connectivity index (χ1) is 13.5. The monoisotopic (exact) mass is 403 g/mol. The van der Waals surface area contributed by atoms with Crippen LogP contribution >= 0.6 is 0 Å². The second-order valence-corrected chi connectivity index (χ2v) is 9.58. The Morgan fingerprint density at radius 1 is 1.11 bits per heavy atom. The highest BCUT2D eigenvalue weighted by Crippen LogP contribution is 2.29. The van der Waals surface area contributed by atoms with Crippen LogP contribution in [-0.4, -0.2) is 36.9 Å². The van der Waals surface area contributed by atoms with Gasteiger partial charge in [-0.15, -0.1) is 0 Å². The molecule has 4 rings (SSSR count). The molecule has 1 fully saturated rings. The third-order valence-corrected chi connectivity index (χ3v) is 7.74. The molecule has 2 aliphatic rings. The third-order valence-electron chi connectivity index (χ3n) is 5.82. The highest BCUT2D eigenvalue weighted by molar-refractivity contribution is 7.89. The zero-order valence-electron chi connectivity index (χ0n) is 16.0. The second-order valence-electron chi connectivity index (χ2n) is 7.58. The molecule has 0 saturated heterocycles. The molecule has 0 unspecified atom stereocenters. The van der Waals surface area contributed by atoms with E-state index in [-0.39, 0.29) is 16.8 Å². The van der Waals surface area contributed by atoms with Crippen molar-refractivity contribution in [3.63, 3.8) is 0 Å². The summed E-state index contributed by atoms with van der Waals surface area (Å²) in [6.07, 6.45) is 7.83. The van der Waals surface area contributed by atoms with Crippen LogP contribution < -0.4 is 5.32 Å². The lowest BCUT2D eigenvalue weighted by atomic mass is 9.96. The second kappa shape index (κ2) is 7.67. The van der Waals surface area contributed by atoms with E-state index in [1.165, 1.54) is 35.0 Å². The van der Waals surface area contributed by atoms with E-state index in [0.29, 0.717) is 11.4 Å². The fraction of sp³-hybridized carbons (Fsp3) is 0.500. The van der Waals surface area contributed by atoms with Gasteiger partial charge in [0.25, 0.3) is 5.91 Å². The topological polar surface area (TPSA) is 92.5 Å². The number of fused-ring (bicyclic) bond motifs is 1. The first-order valence-corrected chi connectivity index (χ1v) is 11.3. The van der Waals surface area contributed by atoms with E-state index in [2.05, 4.69) is 10.5 Å². The molecule has 1 amide bonds. The highest BCUT2D eigenvalue weighted by Gasteiger charge is 2.29. The first kappa shape index (κ1) is 19.1. The van der Waals surface area contributed by atoms with E-state index in [1.54, 1.807) is 7.05 Å². The van der Waals surface area contributed by atoms with Gasteiger partial charge >= 0.3 is 0 Å². The maximum absolute atomic E-state index is 12.9. The van der Waals surface area contributed by atoms with Crippen molar-refractivity contribution in [1.29, 1.82) is 0 Å². The number of aromatic nitrogens is 1. The molecule has 0 atom stereocenters. The van der Waals surface area contributed by atoms with Gasteiger partial charge in [0.05, 0.1) is 10.6 Å². The number of rotatable bonds is 5. The maximum Gasteiger partial charge on any atom is 0.258 e. The van der Waals surface area contributed by atoms with E-state index in [0.717, 1.165) is 56.2 Å². The van der Waals surface area contributed by atoms with E-state index in [4.69, 9.17) is 4.52 Å². The van der Waals surface area contributed by atoms with Crippen molar-refractivity contribution in [2.75, 3.05) is 12.4 Å². The molecule has 1 saturated carbocycles. The molecular weight excluding hydrogens is 378 g/mol. The smallest absolute Gasteiger partial charge is 0.258 e. The Labute approximate surface area is 165 Å². The van der Waals surface area contributed by atoms with Crippen molar-refractivity contribution >= 4 is 21.8 Å². The Bertz CT molecular complexity index is 960. The predicted octanol–water partition coefficient (Wildman–Crippen LogP) is 3.37. The van der Waals surface area contributed by atoms with Crippen LogP contribution in [0.3, 0.4) is 0 Å². The normalized spacial score (nSPS) is 17.6. The van der Waals surface area contributed by atoms with Crippen molar-refractivity contribution in [2.24, 2.45) is 0 Å². The van der Waals surface area contributed by atoms with Gasteiger partial charge in [-0.25, -0.2) is 8.42 Å². The Kier molecular flexibility index (Phi) is 5.25. The average molecular weight is 404 g/mol. The number of anilines is 1. The summed E-state index contributed by atoms with van der Waals surface area (Å²) in [6, 6.07) is 6.11. The van der Waals surface area contributed by atoms with Gasteiger partial charge in [0.15, 0.2) is 0 Å². The Balaban J connectivity index is 1.47. The van der Waals surface area contributed by atoms with Crippen molar-refractivity contribution in [3.05, 3.63) is 41.1 Å². The summed E-state index contributed by atoms with van der Waals surface area (Å²) >= 11 is 0. The number of benzene rings is 1. The molecule has 1 aromatic heterocycles. The molecule has 0 bridgehead atoms. The first-order valence-electron chi connectivity index (χ1n) is 9.83. The number of carbonyl (C=O) groups is 1. The van der Waals surface area contributed by atoms with Crippen LogP contribution in [0, 0.1) is 0 Å². The zero-order chi connectivity index (χ0) is 19.7. The summed E-state index contributed by atoms with van der Waals surface area (Å²) in [5, 5.41) is 6.72. The van der Waals surface area contributed by atoms with E-state index in [9.17, 15) is 13.2 Å². The summed E-state index contributed by atoms with van der Waals surface area (Å²) in [5.74, 6) is 0.0571. The van der Waals surface area contributed by atoms with E-state index < -0.39 is 10.0 Å². The van der Waals surface area contributed by atoms with Crippen LogP contribution in [0.4, 0.5) is 5.88 Å². The zero-order valence-corrected chi connectivity index (χ0v) is 16.8. The predicted molar refractivity (Wildman–Crippen MR) is 105 cm³/mol. The number of aryl methyl sites for hydroxylation is 1. The number of sulfonamides is 1. The quantitative estimate of drug-likeness (QED) is 0.826. The fourth-order valence-electron chi connectivity index (χ4n) is 4.09. The van der Waals surface area contributed by atoms with Crippen LogP contribution in [0.5, 0.6) is 0 Å². The number of hydrogen-bond donors (Lipinski definition) is 1. The molecule has 1 heterocycles. The van der Waals surface area contributed by atoms with Crippen LogP contribution in [0.1, 0.15) is 60.1 Å². The minimum Gasteiger partial charge on any atom is -0.338 e. The van der Waals surface area contributed by atoms with Gasteiger partial charge in [-0.1, -0.05) is 24.4 Å². The van der Waals surface area contributed by atoms with Gasteiger partial charge in [0, 0.05) is 24.2 Å².